The van der Waals surface area contributed by atoms with Crippen LogP contribution in [-0.2, 0) is 6.67 Å². The molecule has 2 heterocycles. The average molecular weight is 442 g/mol. The number of benzene rings is 2. The van der Waals surface area contributed by atoms with E-state index in [1.165, 1.54) is 11.1 Å². The molecular weight excluding hydrogens is 424 g/mol. The normalized spacial score (nSPS) is 11.1. The fourth-order valence-corrected chi connectivity index (χ4v) is 3.88. The number of hydrogen-bond acceptors (Lipinski definition) is 2. The lowest BCUT2D eigenvalue weighted by Crippen LogP contribution is -2.11. The Labute approximate surface area is 171 Å². The summed E-state index contributed by atoms with van der Waals surface area (Å²) in [6.07, 6.45) is 3.42. The first-order chi connectivity index (χ1) is 13.0. The summed E-state index contributed by atoms with van der Waals surface area (Å²) in [6.45, 7) is 4.64. The molecule has 0 aliphatic carbocycles. The number of aromatic nitrogens is 4. The topological polar surface area (TPSA) is 35.6 Å². The highest BCUT2D eigenvalue weighted by atomic mass is 79.9. The van der Waals surface area contributed by atoms with E-state index in [9.17, 15) is 0 Å². The Balaban J connectivity index is 1.85. The Bertz CT molecular complexity index is 1080. The summed E-state index contributed by atoms with van der Waals surface area (Å²) in [5.74, 6) is 0. The second kappa shape index (κ2) is 7.33. The number of rotatable bonds is 4. The molecule has 0 amide bonds. The van der Waals surface area contributed by atoms with Crippen LogP contribution in [0.5, 0.6) is 0 Å². The maximum atomic E-state index is 6.03. The van der Waals surface area contributed by atoms with Crippen LogP contribution in [-0.4, -0.2) is 19.6 Å². The SMILES string of the molecule is Cc1ccc(-c2nn(Cn3cc(Cl)cn3)c(-c3ccc(C)cc3)c2Br)cc1. The van der Waals surface area contributed by atoms with Gasteiger partial charge in [-0.3, -0.25) is 0 Å². The summed E-state index contributed by atoms with van der Waals surface area (Å²) in [5.41, 5.74) is 6.52. The monoisotopic (exact) mass is 440 g/mol. The first kappa shape index (κ1) is 18.0. The standard InChI is InChI=1S/C21H18BrClN4/c1-14-3-7-16(8-4-14)20-19(22)21(17-9-5-15(2)6-10-17)27(25-20)13-26-12-18(23)11-24-26/h3-12H,13H2,1-2H3. The quantitative estimate of drug-likeness (QED) is 0.392. The van der Waals surface area contributed by atoms with Gasteiger partial charge >= 0.3 is 0 Å². The molecule has 0 spiro atoms. The van der Waals surface area contributed by atoms with Crippen molar-refractivity contribution >= 4 is 27.5 Å². The molecule has 0 saturated heterocycles. The molecular formula is C21H18BrClN4. The van der Waals surface area contributed by atoms with Crippen LogP contribution in [0.4, 0.5) is 0 Å². The molecule has 2 aromatic heterocycles. The second-order valence-electron chi connectivity index (χ2n) is 6.58. The summed E-state index contributed by atoms with van der Waals surface area (Å²) in [7, 11) is 0. The third kappa shape index (κ3) is 3.70. The Morgan fingerprint density at radius 2 is 1.52 bits per heavy atom. The van der Waals surface area contributed by atoms with E-state index in [0.29, 0.717) is 11.7 Å². The van der Waals surface area contributed by atoms with Crippen molar-refractivity contribution in [2.45, 2.75) is 20.5 Å². The van der Waals surface area contributed by atoms with E-state index in [1.54, 1.807) is 17.1 Å². The summed E-state index contributed by atoms with van der Waals surface area (Å²) >= 11 is 9.82. The molecule has 0 fully saturated rings. The smallest absolute Gasteiger partial charge is 0.133 e. The lowest BCUT2D eigenvalue weighted by atomic mass is 10.1. The van der Waals surface area contributed by atoms with Gasteiger partial charge in [0.15, 0.2) is 0 Å². The zero-order valence-electron chi connectivity index (χ0n) is 15.0. The van der Waals surface area contributed by atoms with Gasteiger partial charge in [-0.25, -0.2) is 9.36 Å². The van der Waals surface area contributed by atoms with Crippen LogP contribution in [0, 0.1) is 13.8 Å². The number of nitrogens with zero attached hydrogens (tertiary/aromatic N) is 4. The summed E-state index contributed by atoms with van der Waals surface area (Å²) < 4.78 is 4.69. The maximum absolute atomic E-state index is 6.03. The van der Waals surface area contributed by atoms with Crippen LogP contribution in [0.1, 0.15) is 11.1 Å². The Morgan fingerprint density at radius 3 is 2.07 bits per heavy atom. The van der Waals surface area contributed by atoms with Crippen molar-refractivity contribution in [2.24, 2.45) is 0 Å². The van der Waals surface area contributed by atoms with E-state index in [1.807, 2.05) is 4.68 Å². The zero-order chi connectivity index (χ0) is 19.0. The van der Waals surface area contributed by atoms with Crippen molar-refractivity contribution in [3.63, 3.8) is 0 Å². The van der Waals surface area contributed by atoms with Gasteiger partial charge in [0.05, 0.1) is 21.4 Å². The fourth-order valence-electron chi connectivity index (χ4n) is 2.98. The lowest BCUT2D eigenvalue weighted by Gasteiger charge is -2.08. The molecule has 0 aliphatic rings. The van der Waals surface area contributed by atoms with E-state index < -0.39 is 0 Å². The minimum absolute atomic E-state index is 0.473. The van der Waals surface area contributed by atoms with E-state index in [0.717, 1.165) is 27.0 Å². The van der Waals surface area contributed by atoms with Gasteiger partial charge in [-0.2, -0.15) is 10.2 Å². The molecule has 4 nitrogen and oxygen atoms in total. The van der Waals surface area contributed by atoms with E-state index in [2.05, 4.69) is 83.4 Å². The van der Waals surface area contributed by atoms with Crippen LogP contribution in [0.2, 0.25) is 5.02 Å². The number of halogens is 2. The van der Waals surface area contributed by atoms with E-state index >= 15 is 0 Å². The summed E-state index contributed by atoms with van der Waals surface area (Å²) in [4.78, 5) is 0. The lowest BCUT2D eigenvalue weighted by molar-refractivity contribution is 0.508. The molecule has 6 heteroatoms. The van der Waals surface area contributed by atoms with Gasteiger partial charge < -0.3 is 0 Å². The Morgan fingerprint density at radius 1 is 0.926 bits per heavy atom. The van der Waals surface area contributed by atoms with Gasteiger partial charge in [0, 0.05) is 17.3 Å². The van der Waals surface area contributed by atoms with Crippen molar-refractivity contribution in [1.82, 2.24) is 19.6 Å². The van der Waals surface area contributed by atoms with Crippen LogP contribution in [0.25, 0.3) is 22.5 Å². The third-order valence-electron chi connectivity index (χ3n) is 4.43. The third-order valence-corrected chi connectivity index (χ3v) is 5.37. The fraction of sp³-hybridized carbons (Fsp3) is 0.143. The van der Waals surface area contributed by atoms with Crippen LogP contribution in [0.15, 0.2) is 65.4 Å². The molecule has 0 bridgehead atoms. The largest absolute Gasteiger partial charge is 0.250 e. The molecule has 0 aliphatic heterocycles. The highest BCUT2D eigenvalue weighted by Crippen LogP contribution is 2.37. The summed E-state index contributed by atoms with van der Waals surface area (Å²) in [5, 5.41) is 9.78. The van der Waals surface area contributed by atoms with E-state index in [4.69, 9.17) is 16.7 Å². The van der Waals surface area contributed by atoms with Gasteiger partial charge in [0.1, 0.15) is 12.4 Å². The van der Waals surface area contributed by atoms with Crippen molar-refractivity contribution in [2.75, 3.05) is 0 Å². The molecule has 0 radical (unpaired) electrons. The van der Waals surface area contributed by atoms with Gasteiger partial charge in [0.25, 0.3) is 0 Å². The van der Waals surface area contributed by atoms with Gasteiger partial charge in [-0.05, 0) is 29.8 Å². The minimum Gasteiger partial charge on any atom is -0.250 e. The molecule has 0 unspecified atom stereocenters. The molecule has 4 rings (SSSR count). The molecule has 2 aromatic carbocycles. The first-order valence-electron chi connectivity index (χ1n) is 8.59. The predicted molar refractivity (Wildman–Crippen MR) is 113 cm³/mol. The highest BCUT2D eigenvalue weighted by molar-refractivity contribution is 9.10. The molecule has 0 N–H and O–H groups in total. The Hall–Kier alpha value is -2.37. The second-order valence-corrected chi connectivity index (χ2v) is 7.81. The van der Waals surface area contributed by atoms with Gasteiger partial charge in [0.2, 0.25) is 0 Å². The van der Waals surface area contributed by atoms with Crippen molar-refractivity contribution in [3.8, 4) is 22.5 Å². The van der Waals surface area contributed by atoms with Gasteiger partial charge in [-0.15, -0.1) is 0 Å². The predicted octanol–water partition coefficient (Wildman–Crippen LogP) is 5.95. The van der Waals surface area contributed by atoms with Crippen molar-refractivity contribution in [1.29, 1.82) is 0 Å². The first-order valence-corrected chi connectivity index (χ1v) is 9.77. The maximum Gasteiger partial charge on any atom is 0.133 e. The average Bonchev–Trinajstić information content (AvgIpc) is 3.20. The Kier molecular flexibility index (Phi) is 4.89. The molecule has 27 heavy (non-hydrogen) atoms. The molecule has 4 aromatic rings. The van der Waals surface area contributed by atoms with Crippen LogP contribution in [0.3, 0.4) is 0 Å². The van der Waals surface area contributed by atoms with Crippen molar-refractivity contribution < 1.29 is 0 Å². The molecule has 136 valence electrons. The van der Waals surface area contributed by atoms with Gasteiger partial charge in [-0.1, -0.05) is 71.3 Å². The van der Waals surface area contributed by atoms with Crippen LogP contribution >= 0.6 is 27.5 Å². The molecule has 0 atom stereocenters. The summed E-state index contributed by atoms with van der Waals surface area (Å²) in [6, 6.07) is 16.8. The van der Waals surface area contributed by atoms with E-state index in [-0.39, 0.29) is 0 Å². The number of aryl methyl sites for hydroxylation is 2. The minimum atomic E-state index is 0.473. The molecule has 0 saturated carbocycles. The van der Waals surface area contributed by atoms with Crippen LogP contribution < -0.4 is 0 Å². The number of hydrogen-bond donors (Lipinski definition) is 0. The van der Waals surface area contributed by atoms with Crippen molar-refractivity contribution in [3.05, 3.63) is 81.5 Å². The zero-order valence-corrected chi connectivity index (χ0v) is 17.4. The highest BCUT2D eigenvalue weighted by Gasteiger charge is 2.19.